The van der Waals surface area contributed by atoms with E-state index < -0.39 is 23.8 Å². The summed E-state index contributed by atoms with van der Waals surface area (Å²) in [7, 11) is 0. The van der Waals surface area contributed by atoms with Crippen LogP contribution in [0.3, 0.4) is 0 Å². The number of amides is 3. The van der Waals surface area contributed by atoms with E-state index in [1.165, 1.54) is 6.92 Å². The van der Waals surface area contributed by atoms with Crippen molar-refractivity contribution in [3.8, 4) is 0 Å². The molecule has 25 heavy (non-hydrogen) atoms. The zero-order valence-electron chi connectivity index (χ0n) is 14.0. The van der Waals surface area contributed by atoms with Gasteiger partial charge in [0.25, 0.3) is 17.7 Å². The molecular formula is C17H18ClN3O4. The Kier molecular flexibility index (Phi) is 5.82. The number of hydrogen-bond acceptors (Lipinski definition) is 4. The maximum absolute atomic E-state index is 12.0. The first-order valence-corrected chi connectivity index (χ1v) is 7.89. The van der Waals surface area contributed by atoms with Gasteiger partial charge in [0.1, 0.15) is 17.6 Å². The largest absolute Gasteiger partial charge is 0.466 e. The third kappa shape index (κ3) is 4.84. The van der Waals surface area contributed by atoms with Crippen molar-refractivity contribution < 1.29 is 18.8 Å². The van der Waals surface area contributed by atoms with Crippen LogP contribution in [0.25, 0.3) is 0 Å². The van der Waals surface area contributed by atoms with Crippen LogP contribution < -0.4 is 16.2 Å². The van der Waals surface area contributed by atoms with E-state index in [2.05, 4.69) is 16.2 Å². The summed E-state index contributed by atoms with van der Waals surface area (Å²) in [4.78, 5) is 36.0. The first kappa shape index (κ1) is 18.5. The second-order valence-corrected chi connectivity index (χ2v) is 5.91. The van der Waals surface area contributed by atoms with Gasteiger partial charge in [-0.15, -0.1) is 0 Å². The molecule has 0 aliphatic rings. The van der Waals surface area contributed by atoms with Gasteiger partial charge >= 0.3 is 0 Å². The number of carbonyl (C=O) groups excluding carboxylic acids is 3. The molecule has 0 fully saturated rings. The Labute approximate surface area is 149 Å². The Morgan fingerprint density at radius 2 is 1.68 bits per heavy atom. The molecule has 2 aromatic rings. The van der Waals surface area contributed by atoms with E-state index in [4.69, 9.17) is 16.0 Å². The number of furan rings is 1. The fourth-order valence-electron chi connectivity index (χ4n) is 2.10. The molecule has 0 spiro atoms. The van der Waals surface area contributed by atoms with Gasteiger partial charge in [-0.3, -0.25) is 25.2 Å². The van der Waals surface area contributed by atoms with Crippen LogP contribution in [0.1, 0.15) is 39.2 Å². The van der Waals surface area contributed by atoms with Gasteiger partial charge in [0.2, 0.25) is 0 Å². The predicted molar refractivity (Wildman–Crippen MR) is 92.2 cm³/mol. The van der Waals surface area contributed by atoms with Crippen LogP contribution in [0.5, 0.6) is 0 Å². The van der Waals surface area contributed by atoms with Crippen LogP contribution in [0, 0.1) is 13.8 Å². The number of hydrazine groups is 1. The van der Waals surface area contributed by atoms with Gasteiger partial charge in [0.15, 0.2) is 0 Å². The Morgan fingerprint density at radius 1 is 1.04 bits per heavy atom. The molecule has 0 radical (unpaired) electrons. The minimum Gasteiger partial charge on any atom is -0.466 e. The van der Waals surface area contributed by atoms with E-state index in [0.29, 0.717) is 27.7 Å². The van der Waals surface area contributed by atoms with Crippen molar-refractivity contribution in [2.45, 2.75) is 26.8 Å². The Morgan fingerprint density at radius 3 is 2.24 bits per heavy atom. The highest BCUT2D eigenvalue weighted by atomic mass is 35.5. The molecule has 0 saturated heterocycles. The van der Waals surface area contributed by atoms with Gasteiger partial charge in [-0.1, -0.05) is 11.6 Å². The van der Waals surface area contributed by atoms with Crippen molar-refractivity contribution in [2.24, 2.45) is 0 Å². The lowest BCUT2D eigenvalue weighted by molar-refractivity contribution is -0.123. The second-order valence-electron chi connectivity index (χ2n) is 5.47. The SMILES string of the molecule is Cc1cc(C(=O)NNC(=O)C(C)NC(=O)c2ccc(Cl)cc2)c(C)o1. The average molecular weight is 364 g/mol. The standard InChI is InChI=1S/C17H18ClN3O4/c1-9-8-14(11(3)25-9)17(24)21-20-15(22)10(2)19-16(23)12-4-6-13(18)7-5-12/h4-8,10H,1-3H3,(H,19,23)(H,20,22)(H,21,24). The van der Waals surface area contributed by atoms with E-state index in [-0.39, 0.29) is 0 Å². The molecule has 1 unspecified atom stereocenters. The number of aryl methyl sites for hydroxylation is 2. The Balaban J connectivity index is 1.87. The molecule has 132 valence electrons. The summed E-state index contributed by atoms with van der Waals surface area (Å²) < 4.78 is 5.26. The summed E-state index contributed by atoms with van der Waals surface area (Å²) in [5.41, 5.74) is 5.26. The van der Waals surface area contributed by atoms with Gasteiger partial charge in [-0.25, -0.2) is 0 Å². The highest BCUT2D eigenvalue weighted by Crippen LogP contribution is 2.13. The fraction of sp³-hybridized carbons (Fsp3) is 0.235. The monoisotopic (exact) mass is 363 g/mol. The maximum atomic E-state index is 12.0. The van der Waals surface area contributed by atoms with Gasteiger partial charge in [-0.2, -0.15) is 0 Å². The van der Waals surface area contributed by atoms with Crippen LogP contribution in [0.4, 0.5) is 0 Å². The number of hydrogen-bond donors (Lipinski definition) is 3. The second kappa shape index (κ2) is 7.85. The molecule has 3 amide bonds. The highest BCUT2D eigenvalue weighted by molar-refractivity contribution is 6.30. The first-order valence-electron chi connectivity index (χ1n) is 7.51. The summed E-state index contributed by atoms with van der Waals surface area (Å²) >= 11 is 5.76. The lowest BCUT2D eigenvalue weighted by Crippen LogP contribution is -2.51. The number of rotatable bonds is 4. The summed E-state index contributed by atoms with van der Waals surface area (Å²) in [5, 5.41) is 3.04. The molecule has 0 aliphatic carbocycles. The van der Waals surface area contributed by atoms with E-state index in [1.54, 1.807) is 44.2 Å². The number of benzene rings is 1. The van der Waals surface area contributed by atoms with Gasteiger partial charge in [-0.05, 0) is 51.1 Å². The van der Waals surface area contributed by atoms with Crippen LogP contribution >= 0.6 is 11.6 Å². The predicted octanol–water partition coefficient (Wildman–Crippen LogP) is 2.13. The normalized spacial score (nSPS) is 11.5. The van der Waals surface area contributed by atoms with Crippen LogP contribution in [-0.2, 0) is 4.79 Å². The average Bonchev–Trinajstić information content (AvgIpc) is 2.91. The number of nitrogens with one attached hydrogen (secondary N) is 3. The zero-order chi connectivity index (χ0) is 18.6. The molecule has 0 saturated carbocycles. The van der Waals surface area contributed by atoms with Gasteiger partial charge in [0, 0.05) is 10.6 Å². The minimum absolute atomic E-state index is 0.329. The molecule has 0 aliphatic heterocycles. The zero-order valence-corrected chi connectivity index (χ0v) is 14.7. The van der Waals surface area contributed by atoms with Crippen LogP contribution in [0.2, 0.25) is 5.02 Å². The molecule has 0 bridgehead atoms. The number of carbonyl (C=O) groups is 3. The summed E-state index contributed by atoms with van der Waals surface area (Å²) in [6.45, 7) is 4.87. The Hall–Kier alpha value is -2.80. The third-order valence-corrected chi connectivity index (χ3v) is 3.68. The fourth-order valence-corrected chi connectivity index (χ4v) is 2.22. The third-order valence-electron chi connectivity index (χ3n) is 3.43. The van der Waals surface area contributed by atoms with Gasteiger partial charge in [0.05, 0.1) is 5.56 Å². The molecule has 1 atom stereocenters. The van der Waals surface area contributed by atoms with Gasteiger partial charge < -0.3 is 9.73 Å². The van der Waals surface area contributed by atoms with Crippen molar-refractivity contribution in [3.05, 3.63) is 58.0 Å². The first-order chi connectivity index (χ1) is 11.8. The smallest absolute Gasteiger partial charge is 0.273 e. The van der Waals surface area contributed by atoms with Crippen molar-refractivity contribution in [1.29, 1.82) is 0 Å². The van der Waals surface area contributed by atoms with E-state index in [9.17, 15) is 14.4 Å². The summed E-state index contributed by atoms with van der Waals surface area (Å²) in [5.74, 6) is -0.440. The Bertz CT molecular complexity index is 799. The van der Waals surface area contributed by atoms with Crippen molar-refractivity contribution in [2.75, 3.05) is 0 Å². The van der Waals surface area contributed by atoms with Crippen LogP contribution in [0.15, 0.2) is 34.7 Å². The quantitative estimate of drug-likeness (QED) is 0.724. The number of halogens is 1. The lowest BCUT2D eigenvalue weighted by Gasteiger charge is -2.14. The maximum Gasteiger partial charge on any atom is 0.273 e. The molecule has 2 rings (SSSR count). The molecular weight excluding hydrogens is 346 g/mol. The minimum atomic E-state index is -0.851. The van der Waals surface area contributed by atoms with Crippen LogP contribution in [-0.4, -0.2) is 23.8 Å². The van der Waals surface area contributed by atoms with Crippen molar-refractivity contribution >= 4 is 29.3 Å². The van der Waals surface area contributed by atoms with E-state index in [1.807, 2.05) is 0 Å². The summed E-state index contributed by atoms with van der Waals surface area (Å²) in [6, 6.07) is 6.98. The van der Waals surface area contributed by atoms with Crippen molar-refractivity contribution in [1.82, 2.24) is 16.2 Å². The highest BCUT2D eigenvalue weighted by Gasteiger charge is 2.19. The summed E-state index contributed by atoms with van der Waals surface area (Å²) in [6.07, 6.45) is 0. The van der Waals surface area contributed by atoms with E-state index >= 15 is 0 Å². The van der Waals surface area contributed by atoms with E-state index in [0.717, 1.165) is 0 Å². The molecule has 8 heteroatoms. The lowest BCUT2D eigenvalue weighted by atomic mass is 10.2. The molecule has 1 aromatic heterocycles. The molecule has 7 nitrogen and oxygen atoms in total. The molecule has 1 aromatic carbocycles. The van der Waals surface area contributed by atoms with Crippen molar-refractivity contribution in [3.63, 3.8) is 0 Å². The topological polar surface area (TPSA) is 100 Å². The molecule has 1 heterocycles. The molecule has 3 N–H and O–H groups in total.